The predicted octanol–water partition coefficient (Wildman–Crippen LogP) is 5.08. The van der Waals surface area contributed by atoms with Crippen LogP contribution in [0.4, 0.5) is 0 Å². The summed E-state index contributed by atoms with van der Waals surface area (Å²) in [6, 6.07) is 22.5. The van der Waals surface area contributed by atoms with Crippen molar-refractivity contribution in [2.75, 3.05) is 12.3 Å². The highest BCUT2D eigenvalue weighted by Crippen LogP contribution is 2.25. The number of rotatable bonds is 5. The van der Waals surface area contributed by atoms with E-state index in [0.717, 1.165) is 22.5 Å². The first-order valence-corrected chi connectivity index (χ1v) is 12.2. The number of amides is 1. The second-order valence-corrected chi connectivity index (χ2v) is 9.33. The van der Waals surface area contributed by atoms with E-state index >= 15 is 0 Å². The summed E-state index contributed by atoms with van der Waals surface area (Å²) in [6.07, 6.45) is 0.709. The third-order valence-electron chi connectivity index (χ3n) is 5.68. The molecule has 0 saturated heterocycles. The standard InChI is InChI=1S/C26H21ClN4O2S/c1-17-7-5-6-10-23(17)31-25(33)20-12-11-19(27)15-22(20)28-26(31)34-16-24(32)30-14-13-21(29-30)18-8-3-2-4-9-18/h2-12,15H,13-14,16H2,1H3. The van der Waals surface area contributed by atoms with Gasteiger partial charge in [0.2, 0.25) is 0 Å². The van der Waals surface area contributed by atoms with Gasteiger partial charge in [0.1, 0.15) is 0 Å². The van der Waals surface area contributed by atoms with Gasteiger partial charge in [-0.2, -0.15) is 5.10 Å². The highest BCUT2D eigenvalue weighted by molar-refractivity contribution is 7.99. The summed E-state index contributed by atoms with van der Waals surface area (Å²) >= 11 is 7.38. The van der Waals surface area contributed by atoms with Crippen molar-refractivity contribution >= 4 is 45.9 Å². The maximum Gasteiger partial charge on any atom is 0.266 e. The van der Waals surface area contributed by atoms with Gasteiger partial charge in [0.25, 0.3) is 11.5 Å². The molecule has 1 amide bonds. The zero-order valence-corrected chi connectivity index (χ0v) is 20.0. The van der Waals surface area contributed by atoms with Crippen LogP contribution in [0.15, 0.2) is 87.8 Å². The number of hydrazone groups is 1. The molecule has 4 aromatic rings. The molecule has 8 heteroatoms. The van der Waals surface area contributed by atoms with Gasteiger partial charge >= 0.3 is 0 Å². The van der Waals surface area contributed by atoms with Crippen molar-refractivity contribution in [2.45, 2.75) is 18.5 Å². The van der Waals surface area contributed by atoms with Crippen molar-refractivity contribution in [2.24, 2.45) is 5.10 Å². The van der Waals surface area contributed by atoms with Crippen molar-refractivity contribution in [3.05, 3.63) is 99.3 Å². The number of nitrogens with zero attached hydrogens (tertiary/aromatic N) is 4. The minimum absolute atomic E-state index is 0.107. The summed E-state index contributed by atoms with van der Waals surface area (Å²) in [6.45, 7) is 2.48. The molecule has 2 heterocycles. The van der Waals surface area contributed by atoms with Crippen molar-refractivity contribution < 1.29 is 4.79 Å². The normalized spacial score (nSPS) is 13.4. The van der Waals surface area contributed by atoms with Gasteiger partial charge < -0.3 is 0 Å². The number of fused-ring (bicyclic) bond motifs is 1. The molecule has 0 aliphatic carbocycles. The lowest BCUT2D eigenvalue weighted by atomic mass is 10.1. The van der Waals surface area contributed by atoms with Crippen LogP contribution in [0.25, 0.3) is 16.6 Å². The van der Waals surface area contributed by atoms with Crippen LogP contribution >= 0.6 is 23.4 Å². The fourth-order valence-corrected chi connectivity index (χ4v) is 4.97. The van der Waals surface area contributed by atoms with E-state index in [-0.39, 0.29) is 17.2 Å². The van der Waals surface area contributed by atoms with Crippen LogP contribution in [0.1, 0.15) is 17.5 Å². The van der Waals surface area contributed by atoms with Gasteiger partial charge in [-0.3, -0.25) is 14.2 Å². The highest BCUT2D eigenvalue weighted by atomic mass is 35.5. The Kier molecular flexibility index (Phi) is 6.22. The molecule has 34 heavy (non-hydrogen) atoms. The third kappa shape index (κ3) is 4.36. The molecule has 6 nitrogen and oxygen atoms in total. The van der Waals surface area contributed by atoms with E-state index in [9.17, 15) is 9.59 Å². The molecular formula is C26H21ClN4O2S. The number of aromatic nitrogens is 2. The van der Waals surface area contributed by atoms with Crippen LogP contribution in [0, 0.1) is 6.92 Å². The van der Waals surface area contributed by atoms with E-state index in [1.54, 1.807) is 22.8 Å². The predicted molar refractivity (Wildman–Crippen MR) is 137 cm³/mol. The third-order valence-corrected chi connectivity index (χ3v) is 6.84. The molecule has 170 valence electrons. The summed E-state index contributed by atoms with van der Waals surface area (Å²) in [5.74, 6) is -0.0246. The average Bonchev–Trinajstić information content (AvgIpc) is 3.34. The highest BCUT2D eigenvalue weighted by Gasteiger charge is 2.23. The van der Waals surface area contributed by atoms with E-state index < -0.39 is 0 Å². The molecule has 1 aliphatic heterocycles. The van der Waals surface area contributed by atoms with Crippen LogP contribution in [0.2, 0.25) is 5.02 Å². The lowest BCUT2D eigenvalue weighted by molar-refractivity contribution is -0.127. The van der Waals surface area contributed by atoms with Gasteiger partial charge in [0.15, 0.2) is 5.16 Å². The van der Waals surface area contributed by atoms with Crippen molar-refractivity contribution in [3.8, 4) is 5.69 Å². The van der Waals surface area contributed by atoms with Crippen LogP contribution in [-0.4, -0.2) is 38.5 Å². The molecule has 0 radical (unpaired) electrons. The number of hydrogen-bond acceptors (Lipinski definition) is 5. The molecule has 0 atom stereocenters. The first-order valence-electron chi connectivity index (χ1n) is 10.9. The fourth-order valence-electron chi connectivity index (χ4n) is 3.93. The molecule has 1 aromatic heterocycles. The van der Waals surface area contributed by atoms with Gasteiger partial charge in [0, 0.05) is 11.4 Å². The number of carbonyl (C=O) groups is 1. The van der Waals surface area contributed by atoms with Gasteiger partial charge in [-0.1, -0.05) is 71.9 Å². The fraction of sp³-hybridized carbons (Fsp3) is 0.154. The van der Waals surface area contributed by atoms with E-state index in [1.165, 1.54) is 16.8 Å². The monoisotopic (exact) mass is 488 g/mol. The SMILES string of the molecule is Cc1ccccc1-n1c(SCC(=O)N2CCC(c3ccccc3)=N2)nc2cc(Cl)ccc2c1=O. The topological polar surface area (TPSA) is 67.6 Å². The molecule has 0 bridgehead atoms. The Hall–Kier alpha value is -3.42. The molecule has 0 N–H and O–H groups in total. The molecule has 5 rings (SSSR count). The van der Waals surface area contributed by atoms with E-state index in [1.807, 2.05) is 61.5 Å². The lowest BCUT2D eigenvalue weighted by Gasteiger charge is -2.16. The number of para-hydroxylation sites is 1. The minimum atomic E-state index is -0.198. The zero-order valence-electron chi connectivity index (χ0n) is 18.4. The Morgan fingerprint density at radius 2 is 1.82 bits per heavy atom. The summed E-state index contributed by atoms with van der Waals surface area (Å²) in [5, 5.41) is 7.44. The molecule has 0 spiro atoms. The number of aryl methyl sites for hydroxylation is 1. The zero-order chi connectivity index (χ0) is 23.7. The van der Waals surface area contributed by atoms with Gasteiger partial charge in [-0.25, -0.2) is 9.99 Å². The molecule has 0 fully saturated rings. The Morgan fingerprint density at radius 3 is 2.62 bits per heavy atom. The summed E-state index contributed by atoms with van der Waals surface area (Å²) in [5.41, 5.74) is 3.89. The first kappa shape index (κ1) is 22.4. The molecular weight excluding hydrogens is 468 g/mol. The van der Waals surface area contributed by atoms with Gasteiger partial charge in [-0.15, -0.1) is 0 Å². The Bertz CT molecular complexity index is 1480. The maximum atomic E-state index is 13.5. The summed E-state index contributed by atoms with van der Waals surface area (Å²) in [4.78, 5) is 31.1. The van der Waals surface area contributed by atoms with Gasteiger partial charge in [0.05, 0.1) is 34.6 Å². The second-order valence-electron chi connectivity index (χ2n) is 7.95. The van der Waals surface area contributed by atoms with Crippen molar-refractivity contribution in [1.29, 1.82) is 0 Å². The molecule has 0 saturated carbocycles. The number of halogens is 1. The Labute approximate surface area is 205 Å². The number of thioether (sulfide) groups is 1. The van der Waals surface area contributed by atoms with Gasteiger partial charge in [-0.05, 0) is 42.3 Å². The quantitative estimate of drug-likeness (QED) is 0.290. The molecule has 0 unspecified atom stereocenters. The average molecular weight is 489 g/mol. The van der Waals surface area contributed by atoms with Crippen molar-refractivity contribution in [3.63, 3.8) is 0 Å². The summed E-state index contributed by atoms with van der Waals surface area (Å²) < 4.78 is 1.58. The smallest absolute Gasteiger partial charge is 0.266 e. The van der Waals surface area contributed by atoms with E-state index in [2.05, 4.69) is 5.10 Å². The number of hydrogen-bond donors (Lipinski definition) is 0. The summed E-state index contributed by atoms with van der Waals surface area (Å²) in [7, 11) is 0. The first-order chi connectivity index (χ1) is 16.5. The van der Waals surface area contributed by atoms with Crippen molar-refractivity contribution in [1.82, 2.24) is 14.6 Å². The second kappa shape index (κ2) is 9.44. The minimum Gasteiger partial charge on any atom is -0.272 e. The Balaban J connectivity index is 1.47. The maximum absolute atomic E-state index is 13.5. The van der Waals surface area contributed by atoms with Crippen LogP contribution in [0.5, 0.6) is 0 Å². The lowest BCUT2D eigenvalue weighted by Crippen LogP contribution is -2.27. The van der Waals surface area contributed by atoms with Crippen LogP contribution in [-0.2, 0) is 4.79 Å². The van der Waals surface area contributed by atoms with E-state index in [4.69, 9.17) is 16.6 Å². The number of benzene rings is 3. The van der Waals surface area contributed by atoms with Crippen LogP contribution < -0.4 is 5.56 Å². The number of carbonyl (C=O) groups excluding carboxylic acids is 1. The Morgan fingerprint density at radius 1 is 1.06 bits per heavy atom. The van der Waals surface area contributed by atoms with E-state index in [0.29, 0.717) is 34.0 Å². The van der Waals surface area contributed by atoms with Crippen LogP contribution in [0.3, 0.4) is 0 Å². The largest absolute Gasteiger partial charge is 0.272 e. The molecule has 3 aromatic carbocycles. The molecule has 1 aliphatic rings.